The van der Waals surface area contributed by atoms with Crippen LogP contribution in [0.3, 0.4) is 0 Å². The number of benzene rings is 1. The summed E-state index contributed by atoms with van der Waals surface area (Å²) in [6, 6.07) is 8.11. The summed E-state index contributed by atoms with van der Waals surface area (Å²) in [5.74, 6) is 0.931. The van der Waals surface area contributed by atoms with Gasteiger partial charge in [0.05, 0.1) is 5.56 Å². The number of piperidine rings is 1. The summed E-state index contributed by atoms with van der Waals surface area (Å²) >= 11 is 0. The fourth-order valence-electron chi connectivity index (χ4n) is 2.89. The van der Waals surface area contributed by atoms with Crippen LogP contribution in [0.5, 0.6) is 0 Å². The summed E-state index contributed by atoms with van der Waals surface area (Å²) in [7, 11) is 2.00. The maximum Gasteiger partial charge on any atom is 0.256 e. The minimum absolute atomic E-state index is 0.184. The van der Waals surface area contributed by atoms with Crippen LogP contribution in [0.4, 0.5) is 0 Å². The van der Waals surface area contributed by atoms with Crippen molar-refractivity contribution in [3.63, 3.8) is 0 Å². The average molecular weight is 256 g/mol. The molecule has 3 rings (SSSR count). The number of aromatic nitrogens is 1. The molecule has 0 N–H and O–H groups in total. The molecule has 1 amide bonds. The molecule has 2 aromatic rings. The molecule has 0 aliphatic carbocycles. The molecule has 0 spiro atoms. The van der Waals surface area contributed by atoms with Crippen molar-refractivity contribution in [2.75, 3.05) is 13.1 Å². The maximum absolute atomic E-state index is 12.6. The Kier molecular flexibility index (Phi) is 3.05. The Hall–Kier alpha value is -1.77. The van der Waals surface area contributed by atoms with Crippen LogP contribution in [-0.4, -0.2) is 28.5 Å². The van der Waals surface area contributed by atoms with Crippen molar-refractivity contribution in [1.29, 1.82) is 0 Å². The molecule has 0 atom stereocenters. The molecule has 0 bridgehead atoms. The van der Waals surface area contributed by atoms with Crippen molar-refractivity contribution in [1.82, 2.24) is 9.47 Å². The van der Waals surface area contributed by atoms with Crippen LogP contribution in [-0.2, 0) is 7.05 Å². The van der Waals surface area contributed by atoms with Crippen molar-refractivity contribution < 1.29 is 4.79 Å². The summed E-state index contributed by atoms with van der Waals surface area (Å²) in [6.45, 7) is 4.05. The summed E-state index contributed by atoms with van der Waals surface area (Å²) < 4.78 is 2.04. The highest BCUT2D eigenvalue weighted by molar-refractivity contribution is 6.07. The molecule has 1 saturated heterocycles. The lowest BCUT2D eigenvalue weighted by Crippen LogP contribution is -2.37. The van der Waals surface area contributed by atoms with Crippen molar-refractivity contribution in [3.8, 4) is 0 Å². The lowest BCUT2D eigenvalue weighted by atomic mass is 9.98. The minimum atomic E-state index is 0.184. The van der Waals surface area contributed by atoms with Gasteiger partial charge < -0.3 is 9.47 Å². The van der Waals surface area contributed by atoms with Gasteiger partial charge in [-0.15, -0.1) is 0 Å². The van der Waals surface area contributed by atoms with Gasteiger partial charge in [-0.1, -0.05) is 25.1 Å². The van der Waals surface area contributed by atoms with E-state index in [0.29, 0.717) is 0 Å². The van der Waals surface area contributed by atoms with Gasteiger partial charge in [0.2, 0.25) is 0 Å². The Bertz CT molecular complexity index is 606. The standard InChI is InChI=1S/C16H20N2O/c1-12-7-9-18(10-8-12)16(19)14-11-17(2)15-6-4-3-5-13(14)15/h3-6,11-12H,7-10H2,1-2H3. The predicted molar refractivity (Wildman–Crippen MR) is 77.2 cm³/mol. The van der Waals surface area contributed by atoms with Crippen molar-refractivity contribution in [3.05, 3.63) is 36.0 Å². The molecule has 3 heteroatoms. The number of hydrogen-bond acceptors (Lipinski definition) is 1. The lowest BCUT2D eigenvalue weighted by Gasteiger charge is -2.30. The smallest absolute Gasteiger partial charge is 0.256 e. The number of aryl methyl sites for hydroxylation is 1. The van der Waals surface area contributed by atoms with Crippen LogP contribution >= 0.6 is 0 Å². The van der Waals surface area contributed by atoms with Gasteiger partial charge in [0.1, 0.15) is 0 Å². The number of carbonyl (C=O) groups excluding carboxylic acids is 1. The Balaban J connectivity index is 1.94. The van der Waals surface area contributed by atoms with Crippen LogP contribution < -0.4 is 0 Å². The molecule has 0 unspecified atom stereocenters. The van der Waals surface area contributed by atoms with Crippen LogP contribution in [0.15, 0.2) is 30.5 Å². The number of rotatable bonds is 1. The van der Waals surface area contributed by atoms with Gasteiger partial charge in [-0.05, 0) is 24.8 Å². The van der Waals surface area contributed by atoms with Gasteiger partial charge in [-0.25, -0.2) is 0 Å². The van der Waals surface area contributed by atoms with Gasteiger partial charge >= 0.3 is 0 Å². The quantitative estimate of drug-likeness (QED) is 0.770. The SMILES string of the molecule is CC1CCN(C(=O)c2cn(C)c3ccccc23)CC1. The Labute approximate surface area is 113 Å². The van der Waals surface area contributed by atoms with Crippen molar-refractivity contribution in [2.24, 2.45) is 13.0 Å². The first-order chi connectivity index (χ1) is 9.16. The number of nitrogens with zero attached hydrogens (tertiary/aromatic N) is 2. The molecule has 1 aromatic carbocycles. The van der Waals surface area contributed by atoms with Gasteiger partial charge in [-0.2, -0.15) is 0 Å². The molecule has 3 nitrogen and oxygen atoms in total. The van der Waals surface area contributed by atoms with E-state index in [9.17, 15) is 4.79 Å². The average Bonchev–Trinajstić information content (AvgIpc) is 2.77. The van der Waals surface area contributed by atoms with Crippen molar-refractivity contribution >= 4 is 16.8 Å². The summed E-state index contributed by atoms with van der Waals surface area (Å²) in [4.78, 5) is 14.6. The van der Waals surface area contributed by atoms with E-state index >= 15 is 0 Å². The van der Waals surface area contributed by atoms with Gasteiger partial charge in [0.25, 0.3) is 5.91 Å². The second kappa shape index (κ2) is 4.72. The van der Waals surface area contributed by atoms with E-state index < -0.39 is 0 Å². The monoisotopic (exact) mass is 256 g/mol. The van der Waals surface area contributed by atoms with E-state index in [-0.39, 0.29) is 5.91 Å². The molecule has 1 aliphatic rings. The highest BCUT2D eigenvalue weighted by Crippen LogP contribution is 2.24. The van der Waals surface area contributed by atoms with E-state index in [1.54, 1.807) is 0 Å². The van der Waals surface area contributed by atoms with E-state index in [4.69, 9.17) is 0 Å². The fourth-order valence-corrected chi connectivity index (χ4v) is 2.89. The van der Waals surface area contributed by atoms with E-state index in [1.165, 1.54) is 0 Å². The van der Waals surface area contributed by atoms with Crippen LogP contribution in [0.2, 0.25) is 0 Å². The Morgan fingerprint density at radius 1 is 1.21 bits per heavy atom. The molecular weight excluding hydrogens is 236 g/mol. The number of hydrogen-bond donors (Lipinski definition) is 0. The zero-order valence-corrected chi connectivity index (χ0v) is 11.6. The van der Waals surface area contributed by atoms with E-state index in [1.807, 2.05) is 40.9 Å². The highest BCUT2D eigenvalue weighted by atomic mass is 16.2. The Morgan fingerprint density at radius 3 is 2.63 bits per heavy atom. The molecule has 1 aromatic heterocycles. The first-order valence-electron chi connectivity index (χ1n) is 7.00. The third-order valence-electron chi connectivity index (χ3n) is 4.20. The number of likely N-dealkylation sites (tertiary alicyclic amines) is 1. The van der Waals surface area contributed by atoms with Crippen LogP contribution in [0, 0.1) is 5.92 Å². The largest absolute Gasteiger partial charge is 0.350 e. The molecule has 100 valence electrons. The normalized spacial score (nSPS) is 17.1. The summed E-state index contributed by atoms with van der Waals surface area (Å²) in [5.41, 5.74) is 1.96. The van der Waals surface area contributed by atoms with E-state index in [2.05, 4.69) is 13.0 Å². The van der Waals surface area contributed by atoms with E-state index in [0.717, 1.165) is 48.3 Å². The molecule has 2 heterocycles. The fraction of sp³-hybridized carbons (Fsp3) is 0.438. The minimum Gasteiger partial charge on any atom is -0.350 e. The number of carbonyl (C=O) groups is 1. The Morgan fingerprint density at radius 2 is 1.89 bits per heavy atom. The zero-order valence-electron chi connectivity index (χ0n) is 11.6. The summed E-state index contributed by atoms with van der Waals surface area (Å²) in [6.07, 6.45) is 4.21. The van der Waals surface area contributed by atoms with Crippen molar-refractivity contribution in [2.45, 2.75) is 19.8 Å². The third kappa shape index (κ3) is 2.14. The first-order valence-corrected chi connectivity index (χ1v) is 7.00. The molecule has 19 heavy (non-hydrogen) atoms. The number of fused-ring (bicyclic) bond motifs is 1. The van der Waals surface area contributed by atoms with Gasteiger partial charge in [0, 0.05) is 37.2 Å². The highest BCUT2D eigenvalue weighted by Gasteiger charge is 2.23. The molecule has 1 fully saturated rings. The predicted octanol–water partition coefficient (Wildman–Crippen LogP) is 3.05. The lowest BCUT2D eigenvalue weighted by molar-refractivity contribution is 0.0699. The zero-order chi connectivity index (χ0) is 13.4. The summed E-state index contributed by atoms with van der Waals surface area (Å²) in [5, 5.41) is 1.06. The van der Waals surface area contributed by atoms with Gasteiger partial charge in [0.15, 0.2) is 0 Å². The van der Waals surface area contributed by atoms with Crippen LogP contribution in [0.25, 0.3) is 10.9 Å². The second-order valence-corrected chi connectivity index (χ2v) is 5.65. The molecule has 0 radical (unpaired) electrons. The number of para-hydroxylation sites is 1. The third-order valence-corrected chi connectivity index (χ3v) is 4.20. The first kappa shape index (κ1) is 12.3. The molecule has 1 aliphatic heterocycles. The second-order valence-electron chi connectivity index (χ2n) is 5.65. The molecular formula is C16H20N2O. The van der Waals surface area contributed by atoms with Crippen LogP contribution in [0.1, 0.15) is 30.1 Å². The maximum atomic E-state index is 12.6. The topological polar surface area (TPSA) is 25.2 Å². The van der Waals surface area contributed by atoms with Gasteiger partial charge in [-0.3, -0.25) is 4.79 Å². The number of amides is 1. The molecule has 0 saturated carbocycles.